The zero-order valence-electron chi connectivity index (χ0n) is 12.6. The van der Waals surface area contributed by atoms with Crippen molar-refractivity contribution in [1.29, 1.82) is 0 Å². The number of amides is 1. The van der Waals surface area contributed by atoms with Crippen molar-refractivity contribution in [3.63, 3.8) is 0 Å². The van der Waals surface area contributed by atoms with E-state index in [-0.39, 0.29) is 18.3 Å². The van der Waals surface area contributed by atoms with Crippen molar-refractivity contribution in [1.82, 2.24) is 5.32 Å². The number of halogens is 1. The van der Waals surface area contributed by atoms with Crippen molar-refractivity contribution in [2.24, 2.45) is 0 Å². The van der Waals surface area contributed by atoms with Crippen LogP contribution >= 0.6 is 0 Å². The van der Waals surface area contributed by atoms with E-state index in [9.17, 15) is 14.0 Å². The number of carbonyl (C=O) groups excluding carboxylic acids is 2. The van der Waals surface area contributed by atoms with Crippen molar-refractivity contribution in [3.8, 4) is 0 Å². The van der Waals surface area contributed by atoms with Gasteiger partial charge >= 0.3 is 5.97 Å². The first-order valence-corrected chi connectivity index (χ1v) is 6.98. The molecule has 1 amide bonds. The Morgan fingerprint density at radius 2 is 1.83 bits per heavy atom. The predicted octanol–water partition coefficient (Wildman–Crippen LogP) is 2.94. The number of methoxy groups -OCH3 is 1. The Balaban J connectivity index is 1.91. The topological polar surface area (TPSA) is 55.4 Å². The minimum atomic E-state index is -0.414. The largest absolute Gasteiger partial charge is 0.465 e. The van der Waals surface area contributed by atoms with E-state index in [1.807, 2.05) is 0 Å². The van der Waals surface area contributed by atoms with E-state index >= 15 is 0 Å². The molecule has 0 spiro atoms. The smallest absolute Gasteiger partial charge is 0.337 e. The summed E-state index contributed by atoms with van der Waals surface area (Å²) in [6.07, 6.45) is 2.96. The molecule has 0 heterocycles. The molecule has 4 nitrogen and oxygen atoms in total. The summed E-state index contributed by atoms with van der Waals surface area (Å²) in [7, 11) is 1.32. The van der Waals surface area contributed by atoms with E-state index in [1.54, 1.807) is 48.5 Å². The second-order valence-corrected chi connectivity index (χ2v) is 4.76. The predicted molar refractivity (Wildman–Crippen MR) is 85.1 cm³/mol. The average Bonchev–Trinajstić information content (AvgIpc) is 2.59. The summed E-state index contributed by atoms with van der Waals surface area (Å²) >= 11 is 0. The summed E-state index contributed by atoms with van der Waals surface area (Å²) in [5, 5.41) is 2.61. The maximum atomic E-state index is 13.4. The Labute approximate surface area is 133 Å². The molecule has 2 rings (SSSR count). The van der Waals surface area contributed by atoms with E-state index in [2.05, 4.69) is 10.1 Å². The second kappa shape index (κ2) is 7.89. The van der Waals surface area contributed by atoms with Gasteiger partial charge in [-0.25, -0.2) is 9.18 Å². The van der Waals surface area contributed by atoms with Crippen LogP contribution in [0.3, 0.4) is 0 Å². The molecule has 0 saturated carbocycles. The van der Waals surface area contributed by atoms with E-state index < -0.39 is 5.97 Å². The first-order chi connectivity index (χ1) is 11.1. The number of nitrogens with one attached hydrogen (secondary N) is 1. The van der Waals surface area contributed by atoms with Gasteiger partial charge in [-0.2, -0.15) is 0 Å². The van der Waals surface area contributed by atoms with Gasteiger partial charge < -0.3 is 10.1 Å². The fourth-order valence-electron chi connectivity index (χ4n) is 1.90. The van der Waals surface area contributed by atoms with E-state index in [4.69, 9.17) is 0 Å². The Hall–Kier alpha value is -2.95. The number of hydrogen-bond donors (Lipinski definition) is 1. The summed E-state index contributed by atoms with van der Waals surface area (Å²) in [6, 6.07) is 12.9. The summed E-state index contributed by atoms with van der Waals surface area (Å²) < 4.78 is 18.0. The molecule has 0 aliphatic rings. The molecule has 0 atom stereocenters. The molecule has 0 saturated heterocycles. The van der Waals surface area contributed by atoms with Crippen LogP contribution in [-0.4, -0.2) is 19.0 Å². The second-order valence-electron chi connectivity index (χ2n) is 4.76. The quantitative estimate of drug-likeness (QED) is 0.682. The minimum absolute atomic E-state index is 0.122. The van der Waals surface area contributed by atoms with Gasteiger partial charge in [-0.3, -0.25) is 4.79 Å². The lowest BCUT2D eigenvalue weighted by Gasteiger charge is -2.03. The van der Waals surface area contributed by atoms with Crippen LogP contribution < -0.4 is 5.32 Å². The first kappa shape index (κ1) is 16.4. The summed E-state index contributed by atoms with van der Waals surface area (Å²) in [4.78, 5) is 23.0. The molecule has 23 heavy (non-hydrogen) atoms. The molecule has 0 bridgehead atoms. The number of carbonyl (C=O) groups is 2. The fourth-order valence-corrected chi connectivity index (χ4v) is 1.90. The standard InChI is InChI=1S/C18H16FNO3/c1-23-18(22)14-9-6-13(7-10-14)8-11-17(21)20-12-15-4-2-3-5-16(15)19/h2-11H,12H2,1H3,(H,20,21)/b11-8+. The molecule has 2 aromatic rings. The molecule has 118 valence electrons. The molecule has 0 aliphatic carbocycles. The van der Waals surface area contributed by atoms with Crippen LogP contribution in [0.25, 0.3) is 6.08 Å². The monoisotopic (exact) mass is 313 g/mol. The van der Waals surface area contributed by atoms with Gasteiger partial charge in [0.15, 0.2) is 0 Å². The fraction of sp³-hybridized carbons (Fsp3) is 0.111. The van der Waals surface area contributed by atoms with E-state index in [0.717, 1.165) is 5.56 Å². The van der Waals surface area contributed by atoms with Gasteiger partial charge in [0.1, 0.15) is 5.82 Å². The van der Waals surface area contributed by atoms with Gasteiger partial charge in [0.2, 0.25) is 5.91 Å². The van der Waals surface area contributed by atoms with Crippen molar-refractivity contribution in [3.05, 3.63) is 77.1 Å². The van der Waals surface area contributed by atoms with Gasteiger partial charge in [-0.15, -0.1) is 0 Å². The van der Waals surface area contributed by atoms with Crippen LogP contribution in [0.2, 0.25) is 0 Å². The first-order valence-electron chi connectivity index (χ1n) is 6.98. The normalized spacial score (nSPS) is 10.5. The molecule has 0 unspecified atom stereocenters. The van der Waals surface area contributed by atoms with E-state index in [1.165, 1.54) is 19.3 Å². The van der Waals surface area contributed by atoms with Crippen molar-refractivity contribution in [2.75, 3.05) is 7.11 Å². The maximum absolute atomic E-state index is 13.4. The lowest BCUT2D eigenvalue weighted by Crippen LogP contribution is -2.20. The Bertz CT molecular complexity index is 723. The number of esters is 1. The van der Waals surface area contributed by atoms with Gasteiger partial charge in [0.05, 0.1) is 12.7 Å². The number of ether oxygens (including phenoxy) is 1. The average molecular weight is 313 g/mol. The molecule has 0 aliphatic heterocycles. The summed E-state index contributed by atoms with van der Waals surface area (Å²) in [6.45, 7) is 0.122. The van der Waals surface area contributed by atoms with Crippen LogP contribution in [-0.2, 0) is 16.1 Å². The minimum Gasteiger partial charge on any atom is -0.465 e. The van der Waals surface area contributed by atoms with Gasteiger partial charge in [-0.1, -0.05) is 30.3 Å². The SMILES string of the molecule is COC(=O)c1ccc(/C=C/C(=O)NCc2ccccc2F)cc1. The number of benzene rings is 2. The molecule has 1 N–H and O–H groups in total. The molecule has 5 heteroatoms. The van der Waals surface area contributed by atoms with Crippen molar-refractivity contribution >= 4 is 18.0 Å². The number of rotatable bonds is 5. The van der Waals surface area contributed by atoms with Crippen LogP contribution in [0.4, 0.5) is 4.39 Å². The Kier molecular flexibility index (Phi) is 5.63. The van der Waals surface area contributed by atoms with E-state index in [0.29, 0.717) is 11.1 Å². The maximum Gasteiger partial charge on any atom is 0.337 e. The zero-order valence-corrected chi connectivity index (χ0v) is 12.6. The molecular weight excluding hydrogens is 297 g/mol. The summed E-state index contributed by atoms with van der Waals surface area (Å²) in [5.74, 6) is -1.09. The van der Waals surface area contributed by atoms with Crippen LogP contribution in [0.5, 0.6) is 0 Å². The van der Waals surface area contributed by atoms with Crippen LogP contribution in [0, 0.1) is 5.82 Å². The molecular formula is C18H16FNO3. The zero-order chi connectivity index (χ0) is 16.7. The Morgan fingerprint density at radius 1 is 1.13 bits per heavy atom. The lowest BCUT2D eigenvalue weighted by atomic mass is 10.1. The highest BCUT2D eigenvalue weighted by molar-refractivity contribution is 5.92. The Morgan fingerprint density at radius 3 is 2.48 bits per heavy atom. The molecule has 0 radical (unpaired) electrons. The molecule has 2 aromatic carbocycles. The van der Waals surface area contributed by atoms with Crippen LogP contribution in [0.1, 0.15) is 21.5 Å². The highest BCUT2D eigenvalue weighted by Crippen LogP contribution is 2.08. The third-order valence-electron chi connectivity index (χ3n) is 3.17. The van der Waals surface area contributed by atoms with Gasteiger partial charge in [0, 0.05) is 18.2 Å². The van der Waals surface area contributed by atoms with Crippen molar-refractivity contribution < 1.29 is 18.7 Å². The third kappa shape index (κ3) is 4.78. The highest BCUT2D eigenvalue weighted by atomic mass is 19.1. The number of hydrogen-bond acceptors (Lipinski definition) is 3. The summed E-state index contributed by atoms with van der Waals surface area (Å²) in [5.41, 5.74) is 1.63. The van der Waals surface area contributed by atoms with Crippen molar-refractivity contribution in [2.45, 2.75) is 6.54 Å². The van der Waals surface area contributed by atoms with Gasteiger partial charge in [0.25, 0.3) is 0 Å². The highest BCUT2D eigenvalue weighted by Gasteiger charge is 2.04. The lowest BCUT2D eigenvalue weighted by molar-refractivity contribution is -0.116. The third-order valence-corrected chi connectivity index (χ3v) is 3.17. The van der Waals surface area contributed by atoms with Crippen LogP contribution in [0.15, 0.2) is 54.6 Å². The molecule has 0 aromatic heterocycles. The van der Waals surface area contributed by atoms with Gasteiger partial charge in [-0.05, 0) is 29.8 Å². The molecule has 0 fully saturated rings.